The monoisotopic (exact) mass is 357 g/mol. The van der Waals surface area contributed by atoms with Crippen molar-refractivity contribution >= 4 is 23.2 Å². The van der Waals surface area contributed by atoms with Crippen LogP contribution >= 0.6 is 11.6 Å². The summed E-state index contributed by atoms with van der Waals surface area (Å²) in [6, 6.07) is 15.2. The van der Waals surface area contributed by atoms with Crippen LogP contribution < -0.4 is 10.1 Å². The standard InChI is InChI=1S/C21H24ClNO2/c1-15(2)25-19-11-9-18(10-12-19)23-20(24)21(13-3-4-14-21)16-5-7-17(22)8-6-16/h5-12,15H,3-4,13-14H2,1-2H3,(H,23,24). The molecule has 0 aliphatic heterocycles. The van der Waals surface area contributed by atoms with Gasteiger partial charge < -0.3 is 10.1 Å². The summed E-state index contributed by atoms with van der Waals surface area (Å²) >= 11 is 6.01. The molecule has 3 nitrogen and oxygen atoms in total. The number of carbonyl (C=O) groups excluding carboxylic acids is 1. The molecule has 0 unspecified atom stereocenters. The third-order valence-electron chi connectivity index (χ3n) is 4.77. The largest absolute Gasteiger partial charge is 0.491 e. The number of hydrogen-bond acceptors (Lipinski definition) is 2. The summed E-state index contributed by atoms with van der Waals surface area (Å²) in [5, 5.41) is 3.78. The smallest absolute Gasteiger partial charge is 0.235 e. The number of ether oxygens (including phenoxy) is 1. The van der Waals surface area contributed by atoms with Crippen LogP contribution in [-0.2, 0) is 10.2 Å². The summed E-state index contributed by atoms with van der Waals surface area (Å²) < 4.78 is 5.65. The van der Waals surface area contributed by atoms with Crippen LogP contribution in [0, 0.1) is 0 Å². The van der Waals surface area contributed by atoms with E-state index in [9.17, 15) is 4.79 Å². The van der Waals surface area contributed by atoms with Crippen LogP contribution in [-0.4, -0.2) is 12.0 Å². The van der Waals surface area contributed by atoms with Gasteiger partial charge in [-0.05, 0) is 68.7 Å². The van der Waals surface area contributed by atoms with E-state index in [1.807, 2.05) is 62.4 Å². The SMILES string of the molecule is CC(C)Oc1ccc(NC(=O)C2(c3ccc(Cl)cc3)CCCC2)cc1. The molecule has 1 N–H and O–H groups in total. The van der Waals surface area contributed by atoms with Crippen LogP contribution in [0.3, 0.4) is 0 Å². The number of benzene rings is 2. The number of carbonyl (C=O) groups is 1. The first-order chi connectivity index (χ1) is 12.0. The van der Waals surface area contributed by atoms with Gasteiger partial charge in [0.15, 0.2) is 0 Å². The lowest BCUT2D eigenvalue weighted by molar-refractivity contribution is -0.121. The normalized spacial score (nSPS) is 16.0. The molecule has 0 aromatic heterocycles. The summed E-state index contributed by atoms with van der Waals surface area (Å²) in [5.41, 5.74) is 1.38. The molecule has 132 valence electrons. The van der Waals surface area contributed by atoms with E-state index in [1.165, 1.54) is 0 Å². The van der Waals surface area contributed by atoms with Crippen molar-refractivity contribution < 1.29 is 9.53 Å². The highest BCUT2D eigenvalue weighted by atomic mass is 35.5. The number of rotatable bonds is 5. The first-order valence-corrected chi connectivity index (χ1v) is 9.22. The highest BCUT2D eigenvalue weighted by Gasteiger charge is 2.42. The maximum atomic E-state index is 13.1. The molecule has 25 heavy (non-hydrogen) atoms. The zero-order valence-corrected chi connectivity index (χ0v) is 15.5. The molecule has 1 amide bonds. The van der Waals surface area contributed by atoms with E-state index < -0.39 is 5.41 Å². The zero-order chi connectivity index (χ0) is 17.9. The molecule has 0 spiro atoms. The highest BCUT2D eigenvalue weighted by molar-refractivity contribution is 6.30. The Morgan fingerprint density at radius 1 is 1.04 bits per heavy atom. The van der Waals surface area contributed by atoms with Gasteiger partial charge in [0.25, 0.3) is 0 Å². The molecule has 0 radical (unpaired) electrons. The maximum absolute atomic E-state index is 13.1. The molecule has 1 fully saturated rings. The van der Waals surface area contributed by atoms with Gasteiger partial charge in [0, 0.05) is 10.7 Å². The Kier molecular flexibility index (Phi) is 5.33. The van der Waals surface area contributed by atoms with E-state index in [0.29, 0.717) is 5.02 Å². The Hall–Kier alpha value is -2.00. The fraction of sp³-hybridized carbons (Fsp3) is 0.381. The van der Waals surface area contributed by atoms with Crippen molar-refractivity contribution in [2.45, 2.75) is 51.0 Å². The Bertz CT molecular complexity index is 717. The molecular weight excluding hydrogens is 334 g/mol. The number of amides is 1. The van der Waals surface area contributed by atoms with E-state index in [4.69, 9.17) is 16.3 Å². The van der Waals surface area contributed by atoms with Crippen molar-refractivity contribution in [1.82, 2.24) is 0 Å². The van der Waals surface area contributed by atoms with Gasteiger partial charge in [-0.2, -0.15) is 0 Å². The van der Waals surface area contributed by atoms with Gasteiger partial charge in [0.2, 0.25) is 5.91 Å². The maximum Gasteiger partial charge on any atom is 0.235 e. The minimum Gasteiger partial charge on any atom is -0.491 e. The highest BCUT2D eigenvalue weighted by Crippen LogP contribution is 2.42. The Balaban J connectivity index is 1.78. The molecule has 2 aromatic carbocycles. The van der Waals surface area contributed by atoms with Crippen LogP contribution in [0.5, 0.6) is 5.75 Å². The molecule has 2 aromatic rings. The van der Waals surface area contributed by atoms with Gasteiger partial charge in [-0.1, -0.05) is 36.6 Å². The molecule has 0 atom stereocenters. The van der Waals surface area contributed by atoms with Gasteiger partial charge in [-0.25, -0.2) is 0 Å². The van der Waals surface area contributed by atoms with Gasteiger partial charge in [-0.15, -0.1) is 0 Å². The predicted octanol–water partition coefficient (Wildman–Crippen LogP) is 5.58. The minimum absolute atomic E-state index is 0.0600. The Labute approximate surface area is 154 Å². The lowest BCUT2D eigenvalue weighted by Crippen LogP contribution is -2.37. The molecule has 4 heteroatoms. The third kappa shape index (κ3) is 3.98. The second-order valence-electron chi connectivity index (χ2n) is 6.94. The molecule has 3 rings (SSSR count). The summed E-state index contributed by atoms with van der Waals surface area (Å²) in [4.78, 5) is 13.1. The van der Waals surface area contributed by atoms with E-state index in [0.717, 1.165) is 42.7 Å². The zero-order valence-electron chi connectivity index (χ0n) is 14.7. The van der Waals surface area contributed by atoms with Crippen molar-refractivity contribution in [3.63, 3.8) is 0 Å². The van der Waals surface area contributed by atoms with Crippen LogP contribution in [0.25, 0.3) is 0 Å². The van der Waals surface area contributed by atoms with Gasteiger partial charge in [0.05, 0.1) is 11.5 Å². The summed E-state index contributed by atoms with van der Waals surface area (Å²) in [6.45, 7) is 3.98. The van der Waals surface area contributed by atoms with E-state index >= 15 is 0 Å². The molecule has 1 aliphatic rings. The second-order valence-corrected chi connectivity index (χ2v) is 7.38. The Morgan fingerprint density at radius 2 is 1.64 bits per heavy atom. The molecule has 0 bridgehead atoms. The van der Waals surface area contributed by atoms with Crippen molar-refractivity contribution in [3.05, 3.63) is 59.1 Å². The van der Waals surface area contributed by atoms with Crippen molar-refractivity contribution in [3.8, 4) is 5.75 Å². The minimum atomic E-state index is -0.461. The lowest BCUT2D eigenvalue weighted by atomic mass is 9.78. The van der Waals surface area contributed by atoms with Crippen molar-refractivity contribution in [2.75, 3.05) is 5.32 Å². The average Bonchev–Trinajstić information content (AvgIpc) is 3.08. The second kappa shape index (κ2) is 7.49. The fourth-order valence-electron chi connectivity index (χ4n) is 3.53. The number of halogens is 1. The number of anilines is 1. The van der Waals surface area contributed by atoms with Crippen molar-refractivity contribution in [2.24, 2.45) is 0 Å². The first kappa shape index (κ1) is 17.8. The topological polar surface area (TPSA) is 38.3 Å². The van der Waals surface area contributed by atoms with Crippen LogP contribution in [0.4, 0.5) is 5.69 Å². The van der Waals surface area contributed by atoms with Gasteiger partial charge >= 0.3 is 0 Å². The number of hydrogen-bond donors (Lipinski definition) is 1. The van der Waals surface area contributed by atoms with Gasteiger partial charge in [0.1, 0.15) is 5.75 Å². The summed E-state index contributed by atoms with van der Waals surface area (Å²) in [7, 11) is 0. The van der Waals surface area contributed by atoms with E-state index in [2.05, 4.69) is 5.32 Å². The van der Waals surface area contributed by atoms with Gasteiger partial charge in [-0.3, -0.25) is 4.79 Å². The number of nitrogens with one attached hydrogen (secondary N) is 1. The third-order valence-corrected chi connectivity index (χ3v) is 5.02. The summed E-state index contributed by atoms with van der Waals surface area (Å²) in [6.07, 6.45) is 4.01. The fourth-order valence-corrected chi connectivity index (χ4v) is 3.66. The van der Waals surface area contributed by atoms with E-state index in [-0.39, 0.29) is 12.0 Å². The predicted molar refractivity (Wildman–Crippen MR) is 102 cm³/mol. The molecule has 1 aliphatic carbocycles. The molecule has 1 saturated carbocycles. The molecule has 0 saturated heterocycles. The Morgan fingerprint density at radius 3 is 2.20 bits per heavy atom. The molecular formula is C21H24ClNO2. The average molecular weight is 358 g/mol. The summed E-state index contributed by atoms with van der Waals surface area (Å²) in [5.74, 6) is 0.867. The van der Waals surface area contributed by atoms with Crippen LogP contribution in [0.2, 0.25) is 5.02 Å². The lowest BCUT2D eigenvalue weighted by Gasteiger charge is -2.28. The quantitative estimate of drug-likeness (QED) is 0.758. The first-order valence-electron chi connectivity index (χ1n) is 8.84. The van der Waals surface area contributed by atoms with Crippen LogP contribution in [0.15, 0.2) is 48.5 Å². The van der Waals surface area contributed by atoms with Crippen LogP contribution in [0.1, 0.15) is 45.1 Å². The van der Waals surface area contributed by atoms with E-state index in [1.54, 1.807) is 0 Å². The van der Waals surface area contributed by atoms with Crippen molar-refractivity contribution in [1.29, 1.82) is 0 Å². The molecule has 0 heterocycles.